The largest absolute Gasteiger partial charge is 0.299 e. The smallest absolute Gasteiger partial charge is 0.141 e. The van der Waals surface area contributed by atoms with Crippen LogP contribution in [0.5, 0.6) is 0 Å². The van der Waals surface area contributed by atoms with E-state index < -0.39 is 0 Å². The summed E-state index contributed by atoms with van der Waals surface area (Å²) in [7, 11) is 1.92. The van der Waals surface area contributed by atoms with Crippen molar-refractivity contribution in [3.05, 3.63) is 17.5 Å². The standard InChI is InChI=1S/C15H24N2O/c1-4-12-5-7-13(8-6-12)15(18)10-14-9-11(2)16-17(14)3/h9,12-13H,4-8,10H2,1-3H3. The van der Waals surface area contributed by atoms with Crippen LogP contribution in [0, 0.1) is 18.8 Å². The maximum atomic E-state index is 12.3. The number of carbonyl (C=O) groups excluding carboxylic acids is 1. The number of carbonyl (C=O) groups is 1. The van der Waals surface area contributed by atoms with Crippen LogP contribution in [0.25, 0.3) is 0 Å². The molecule has 0 atom stereocenters. The molecule has 0 saturated heterocycles. The highest BCUT2D eigenvalue weighted by Crippen LogP contribution is 2.31. The third-order valence-electron chi connectivity index (χ3n) is 4.33. The van der Waals surface area contributed by atoms with E-state index in [4.69, 9.17) is 0 Å². The van der Waals surface area contributed by atoms with Gasteiger partial charge in [0, 0.05) is 25.1 Å². The van der Waals surface area contributed by atoms with Crippen molar-refractivity contribution in [1.29, 1.82) is 0 Å². The lowest BCUT2D eigenvalue weighted by Crippen LogP contribution is -2.23. The third kappa shape index (κ3) is 3.01. The highest BCUT2D eigenvalue weighted by molar-refractivity contribution is 5.83. The molecule has 1 aliphatic carbocycles. The Bertz CT molecular complexity index is 414. The first kappa shape index (κ1) is 13.3. The number of ketones is 1. The normalized spacial score (nSPS) is 24.2. The SMILES string of the molecule is CCC1CCC(C(=O)Cc2cc(C)nn2C)CC1. The van der Waals surface area contributed by atoms with Crippen LogP contribution in [0.1, 0.15) is 50.4 Å². The number of Topliss-reactive ketones (excluding diaryl/α,β-unsaturated/α-hetero) is 1. The molecule has 0 radical (unpaired) electrons. The Morgan fingerprint density at radius 2 is 2.06 bits per heavy atom. The van der Waals surface area contributed by atoms with E-state index in [1.165, 1.54) is 19.3 Å². The zero-order valence-corrected chi connectivity index (χ0v) is 11.8. The van der Waals surface area contributed by atoms with Crippen molar-refractivity contribution in [1.82, 2.24) is 9.78 Å². The highest BCUT2D eigenvalue weighted by Gasteiger charge is 2.25. The molecule has 0 spiro atoms. The topological polar surface area (TPSA) is 34.9 Å². The zero-order valence-electron chi connectivity index (χ0n) is 11.8. The zero-order chi connectivity index (χ0) is 13.1. The molecular weight excluding hydrogens is 224 g/mol. The van der Waals surface area contributed by atoms with Gasteiger partial charge in [-0.05, 0) is 44.6 Å². The summed E-state index contributed by atoms with van der Waals surface area (Å²) in [5.41, 5.74) is 2.05. The summed E-state index contributed by atoms with van der Waals surface area (Å²) in [5, 5.41) is 4.30. The summed E-state index contributed by atoms with van der Waals surface area (Å²) in [5.74, 6) is 1.56. The molecule has 3 heteroatoms. The fourth-order valence-electron chi connectivity index (χ4n) is 3.05. The predicted molar refractivity (Wildman–Crippen MR) is 72.4 cm³/mol. The number of aromatic nitrogens is 2. The Morgan fingerprint density at radius 3 is 2.56 bits per heavy atom. The molecule has 0 unspecified atom stereocenters. The van der Waals surface area contributed by atoms with Crippen molar-refractivity contribution in [2.75, 3.05) is 0 Å². The van der Waals surface area contributed by atoms with E-state index in [0.717, 1.165) is 30.1 Å². The van der Waals surface area contributed by atoms with Crippen molar-refractivity contribution in [3.63, 3.8) is 0 Å². The molecule has 3 nitrogen and oxygen atoms in total. The fourth-order valence-corrected chi connectivity index (χ4v) is 3.05. The molecule has 1 heterocycles. The van der Waals surface area contributed by atoms with Crippen LogP contribution >= 0.6 is 0 Å². The minimum Gasteiger partial charge on any atom is -0.299 e. The molecule has 0 N–H and O–H groups in total. The van der Waals surface area contributed by atoms with E-state index >= 15 is 0 Å². The number of rotatable bonds is 4. The van der Waals surface area contributed by atoms with Crippen LogP contribution in [0.15, 0.2) is 6.07 Å². The van der Waals surface area contributed by atoms with Crippen molar-refractivity contribution in [2.24, 2.45) is 18.9 Å². The number of hydrogen-bond acceptors (Lipinski definition) is 2. The van der Waals surface area contributed by atoms with E-state index in [1.807, 2.05) is 24.7 Å². The lowest BCUT2D eigenvalue weighted by atomic mass is 9.78. The first-order chi connectivity index (χ1) is 8.60. The van der Waals surface area contributed by atoms with Gasteiger partial charge in [0.05, 0.1) is 5.69 Å². The molecule has 1 fully saturated rings. The van der Waals surface area contributed by atoms with Gasteiger partial charge in [0.25, 0.3) is 0 Å². The van der Waals surface area contributed by atoms with Crippen LogP contribution in [0.4, 0.5) is 0 Å². The molecule has 0 bridgehead atoms. The second-order valence-corrected chi connectivity index (χ2v) is 5.67. The molecule has 0 aliphatic heterocycles. The maximum absolute atomic E-state index is 12.3. The molecule has 18 heavy (non-hydrogen) atoms. The van der Waals surface area contributed by atoms with Gasteiger partial charge in [0.15, 0.2) is 0 Å². The molecule has 0 aromatic carbocycles. The Kier molecular flexibility index (Phi) is 4.20. The summed E-state index contributed by atoms with van der Waals surface area (Å²) in [6.07, 6.45) is 6.47. The Morgan fingerprint density at radius 1 is 1.39 bits per heavy atom. The second kappa shape index (κ2) is 5.68. The molecule has 0 amide bonds. The average molecular weight is 248 g/mol. The summed E-state index contributed by atoms with van der Waals surface area (Å²) in [6, 6.07) is 2.02. The van der Waals surface area contributed by atoms with E-state index in [-0.39, 0.29) is 0 Å². The van der Waals surface area contributed by atoms with Crippen molar-refractivity contribution >= 4 is 5.78 Å². The van der Waals surface area contributed by atoms with Gasteiger partial charge in [-0.1, -0.05) is 13.3 Å². The third-order valence-corrected chi connectivity index (χ3v) is 4.33. The summed E-state index contributed by atoms with van der Waals surface area (Å²) < 4.78 is 1.84. The van der Waals surface area contributed by atoms with Gasteiger partial charge < -0.3 is 0 Å². The maximum Gasteiger partial charge on any atom is 0.141 e. The van der Waals surface area contributed by atoms with Gasteiger partial charge >= 0.3 is 0 Å². The molecule has 1 saturated carbocycles. The monoisotopic (exact) mass is 248 g/mol. The van der Waals surface area contributed by atoms with Crippen LogP contribution in [-0.2, 0) is 18.3 Å². The number of nitrogens with zero attached hydrogens (tertiary/aromatic N) is 2. The summed E-state index contributed by atoms with van der Waals surface area (Å²) in [4.78, 5) is 12.3. The van der Waals surface area contributed by atoms with Crippen molar-refractivity contribution in [2.45, 2.75) is 52.4 Å². The average Bonchev–Trinajstić information content (AvgIpc) is 2.68. The molecule has 2 rings (SSSR count). The van der Waals surface area contributed by atoms with E-state index in [0.29, 0.717) is 18.1 Å². The number of aryl methyl sites for hydroxylation is 2. The Hall–Kier alpha value is -1.12. The lowest BCUT2D eigenvalue weighted by molar-refractivity contribution is -0.123. The molecular formula is C15H24N2O. The van der Waals surface area contributed by atoms with Crippen LogP contribution in [0.3, 0.4) is 0 Å². The fraction of sp³-hybridized carbons (Fsp3) is 0.733. The highest BCUT2D eigenvalue weighted by atomic mass is 16.1. The van der Waals surface area contributed by atoms with Crippen LogP contribution in [0.2, 0.25) is 0 Å². The van der Waals surface area contributed by atoms with Crippen molar-refractivity contribution < 1.29 is 4.79 Å². The van der Waals surface area contributed by atoms with E-state index in [2.05, 4.69) is 12.0 Å². The van der Waals surface area contributed by atoms with Crippen molar-refractivity contribution in [3.8, 4) is 0 Å². The van der Waals surface area contributed by atoms with Gasteiger partial charge in [-0.25, -0.2) is 0 Å². The Balaban J connectivity index is 1.91. The van der Waals surface area contributed by atoms with Gasteiger partial charge in [-0.15, -0.1) is 0 Å². The minimum absolute atomic E-state index is 0.294. The van der Waals surface area contributed by atoms with Gasteiger partial charge in [0.2, 0.25) is 0 Å². The second-order valence-electron chi connectivity index (χ2n) is 5.67. The van der Waals surface area contributed by atoms with Gasteiger partial charge in [-0.2, -0.15) is 5.10 Å². The molecule has 1 aromatic rings. The first-order valence-corrected chi connectivity index (χ1v) is 7.12. The van der Waals surface area contributed by atoms with E-state index in [1.54, 1.807) is 0 Å². The van der Waals surface area contributed by atoms with Crippen LogP contribution in [-0.4, -0.2) is 15.6 Å². The lowest BCUT2D eigenvalue weighted by Gasteiger charge is -2.26. The molecule has 1 aliphatic rings. The molecule has 1 aromatic heterocycles. The first-order valence-electron chi connectivity index (χ1n) is 7.12. The van der Waals surface area contributed by atoms with E-state index in [9.17, 15) is 4.79 Å². The minimum atomic E-state index is 0.294. The summed E-state index contributed by atoms with van der Waals surface area (Å²) >= 11 is 0. The Labute approximate surface area is 110 Å². The number of hydrogen-bond donors (Lipinski definition) is 0. The predicted octanol–water partition coefficient (Wildman–Crippen LogP) is 3.06. The van der Waals surface area contributed by atoms with Crippen LogP contribution < -0.4 is 0 Å². The summed E-state index contributed by atoms with van der Waals surface area (Å²) in [6.45, 7) is 4.23. The molecule has 100 valence electrons. The van der Waals surface area contributed by atoms with Gasteiger partial charge in [0.1, 0.15) is 5.78 Å². The van der Waals surface area contributed by atoms with Gasteiger partial charge in [-0.3, -0.25) is 9.48 Å². The quantitative estimate of drug-likeness (QED) is 0.821.